The highest BCUT2D eigenvalue weighted by atomic mass is 35.5. The Morgan fingerprint density at radius 1 is 1.06 bits per heavy atom. The van der Waals surface area contributed by atoms with Gasteiger partial charge in [0.1, 0.15) is 9.75 Å². The van der Waals surface area contributed by atoms with Gasteiger partial charge in [-0.25, -0.2) is 0 Å². The molecule has 1 saturated heterocycles. The molecule has 1 nitrogen and oxygen atoms in total. The van der Waals surface area contributed by atoms with Gasteiger partial charge >= 0.3 is 0 Å². The van der Waals surface area contributed by atoms with Gasteiger partial charge in [0.25, 0.3) is 0 Å². The molecule has 8 atom stereocenters. The first-order valence-electron chi connectivity index (χ1n) is 6.14. The summed E-state index contributed by atoms with van der Waals surface area (Å²) in [5.41, 5.74) is 0. The summed E-state index contributed by atoms with van der Waals surface area (Å²) in [6, 6.07) is 0. The van der Waals surface area contributed by atoms with Crippen LogP contribution in [0.15, 0.2) is 11.1 Å². The monoisotopic (exact) mass is 344 g/mol. The number of rotatable bonds is 0. The van der Waals surface area contributed by atoms with Crippen LogP contribution in [-0.4, -0.2) is 26.3 Å². The molecule has 0 aromatic carbocycles. The van der Waals surface area contributed by atoms with E-state index in [1.54, 1.807) is 6.08 Å². The lowest BCUT2D eigenvalue weighted by atomic mass is 9.73. The molecule has 1 heterocycles. The van der Waals surface area contributed by atoms with Crippen molar-refractivity contribution in [2.75, 3.05) is 0 Å². The first-order valence-corrected chi connectivity index (χ1v) is 8.03. The number of hydrogen-bond acceptors (Lipinski definition) is 1. The predicted molar refractivity (Wildman–Crippen MR) is 72.8 cm³/mol. The van der Waals surface area contributed by atoms with Crippen LogP contribution >= 0.6 is 58.0 Å². The van der Waals surface area contributed by atoms with Crippen LogP contribution in [0.2, 0.25) is 0 Å². The zero-order chi connectivity index (χ0) is 12.7. The fourth-order valence-corrected chi connectivity index (χ4v) is 7.76. The summed E-state index contributed by atoms with van der Waals surface area (Å²) in [6.45, 7) is 0. The van der Waals surface area contributed by atoms with Crippen molar-refractivity contribution in [2.24, 2.45) is 23.7 Å². The highest BCUT2D eigenvalue weighted by Gasteiger charge is 2.87. The zero-order valence-electron chi connectivity index (χ0n) is 9.05. The molecular formula is C12H9Cl5O. The van der Waals surface area contributed by atoms with E-state index in [2.05, 4.69) is 0 Å². The quantitative estimate of drug-likeness (QED) is 0.368. The highest BCUT2D eigenvalue weighted by Crippen LogP contribution is 2.82. The molecule has 5 rings (SSSR count). The molecule has 0 aromatic heterocycles. The van der Waals surface area contributed by atoms with Gasteiger partial charge < -0.3 is 4.74 Å². The van der Waals surface area contributed by atoms with E-state index in [0.717, 1.165) is 6.42 Å². The second-order valence-corrected chi connectivity index (χ2v) is 9.18. The third kappa shape index (κ3) is 0.859. The van der Waals surface area contributed by atoms with Crippen molar-refractivity contribution in [2.45, 2.75) is 32.7 Å². The molecule has 5 aliphatic rings. The lowest BCUT2D eigenvalue weighted by Gasteiger charge is -2.36. The maximum Gasteiger partial charge on any atom is 0.165 e. The van der Waals surface area contributed by atoms with Gasteiger partial charge in [-0.1, -0.05) is 34.8 Å². The Balaban J connectivity index is 1.78. The molecular weight excluding hydrogens is 337 g/mol. The number of alkyl halides is 4. The molecule has 4 bridgehead atoms. The molecule has 1 aliphatic heterocycles. The normalized spacial score (nSPS) is 69.1. The van der Waals surface area contributed by atoms with Crippen LogP contribution in [0.4, 0.5) is 0 Å². The van der Waals surface area contributed by atoms with Crippen LogP contribution in [0, 0.1) is 23.7 Å². The molecule has 3 saturated carbocycles. The van der Waals surface area contributed by atoms with Gasteiger partial charge in [0.05, 0.1) is 12.2 Å². The van der Waals surface area contributed by atoms with Crippen LogP contribution in [0.1, 0.15) is 6.42 Å². The average molecular weight is 346 g/mol. The number of ether oxygens (including phenoxy) is 1. The number of halogens is 5. The molecule has 0 radical (unpaired) electrons. The largest absolute Gasteiger partial charge is 0.369 e. The average Bonchev–Trinajstić information content (AvgIpc) is 2.83. The zero-order valence-corrected chi connectivity index (χ0v) is 12.8. The third-order valence-corrected chi connectivity index (χ3v) is 9.32. The summed E-state index contributed by atoms with van der Waals surface area (Å²) < 4.78 is 4.49. The molecule has 0 aromatic rings. The standard InChI is InChI=1S/C12H9Cl5O/c13-5-2-10(14)6-3-1-4(9-8(3)18-9)7(6)11(5,15)12(10,16)17/h2-4,6-9H,1H2. The smallest absolute Gasteiger partial charge is 0.165 e. The van der Waals surface area contributed by atoms with Gasteiger partial charge in [0.2, 0.25) is 0 Å². The van der Waals surface area contributed by atoms with E-state index in [1.807, 2.05) is 0 Å². The number of fused-ring (bicyclic) bond motifs is 12. The summed E-state index contributed by atoms with van der Waals surface area (Å²) in [5.74, 6) is 1.16. The molecule has 6 heteroatoms. The van der Waals surface area contributed by atoms with E-state index in [0.29, 0.717) is 29.1 Å². The predicted octanol–water partition coefficient (Wildman–Crippen LogP) is 3.91. The first-order chi connectivity index (χ1) is 8.34. The third-order valence-electron chi connectivity index (χ3n) is 5.83. The summed E-state index contributed by atoms with van der Waals surface area (Å²) in [5, 5.41) is 0.509. The van der Waals surface area contributed by atoms with E-state index in [-0.39, 0.29) is 11.8 Å². The molecule has 0 N–H and O–H groups in total. The lowest BCUT2D eigenvalue weighted by molar-refractivity contribution is 0.237. The molecule has 4 fully saturated rings. The Bertz CT molecular complexity index is 519. The Morgan fingerprint density at radius 3 is 2.33 bits per heavy atom. The van der Waals surface area contributed by atoms with E-state index in [9.17, 15) is 0 Å². The molecule has 18 heavy (non-hydrogen) atoms. The maximum atomic E-state index is 6.80. The number of hydrogen-bond donors (Lipinski definition) is 0. The second kappa shape index (κ2) is 2.87. The van der Waals surface area contributed by atoms with E-state index < -0.39 is 14.1 Å². The fourth-order valence-electron chi connectivity index (χ4n) is 5.24. The molecule has 0 spiro atoms. The number of allylic oxidation sites excluding steroid dienone is 2. The van der Waals surface area contributed by atoms with Gasteiger partial charge in [-0.2, -0.15) is 0 Å². The van der Waals surface area contributed by atoms with Crippen molar-refractivity contribution in [1.82, 2.24) is 0 Å². The van der Waals surface area contributed by atoms with Gasteiger partial charge in [-0.05, 0) is 36.2 Å². The second-order valence-electron chi connectivity index (χ2n) is 6.23. The summed E-state index contributed by atoms with van der Waals surface area (Å²) in [4.78, 5) is -1.80. The van der Waals surface area contributed by atoms with Crippen LogP contribution in [0.5, 0.6) is 0 Å². The van der Waals surface area contributed by atoms with Gasteiger partial charge in [0, 0.05) is 5.03 Å². The fraction of sp³-hybridized carbons (Fsp3) is 0.833. The van der Waals surface area contributed by atoms with E-state index in [1.165, 1.54) is 0 Å². The molecule has 8 unspecified atom stereocenters. The highest BCUT2D eigenvalue weighted by molar-refractivity contribution is 6.62. The molecule has 4 aliphatic carbocycles. The summed E-state index contributed by atoms with van der Waals surface area (Å²) in [7, 11) is 0. The van der Waals surface area contributed by atoms with Gasteiger partial charge in [-0.15, -0.1) is 23.2 Å². The van der Waals surface area contributed by atoms with Gasteiger partial charge in [-0.3, -0.25) is 0 Å². The van der Waals surface area contributed by atoms with E-state index >= 15 is 0 Å². The Labute approximate surface area is 130 Å². The maximum absolute atomic E-state index is 6.80. The van der Waals surface area contributed by atoms with Crippen LogP contribution in [0.3, 0.4) is 0 Å². The van der Waals surface area contributed by atoms with Crippen molar-refractivity contribution < 1.29 is 4.74 Å². The van der Waals surface area contributed by atoms with Crippen LogP contribution < -0.4 is 0 Å². The summed E-state index contributed by atoms with van der Waals surface area (Å²) >= 11 is 33.0. The number of epoxide rings is 1. The SMILES string of the molecule is ClC1=CC2(Cl)C3C4CC(C5OC45)C3C1(Cl)C2(Cl)Cl. The van der Waals surface area contributed by atoms with Crippen molar-refractivity contribution in [1.29, 1.82) is 0 Å². The summed E-state index contributed by atoms with van der Waals surface area (Å²) in [6.07, 6.45) is 3.58. The van der Waals surface area contributed by atoms with Crippen molar-refractivity contribution in [3.8, 4) is 0 Å². The van der Waals surface area contributed by atoms with E-state index in [4.69, 9.17) is 62.7 Å². The minimum atomic E-state index is -1.23. The molecule has 98 valence electrons. The van der Waals surface area contributed by atoms with Crippen molar-refractivity contribution in [3.63, 3.8) is 0 Å². The minimum Gasteiger partial charge on any atom is -0.369 e. The Morgan fingerprint density at radius 2 is 1.67 bits per heavy atom. The Hall–Kier alpha value is 1.15. The van der Waals surface area contributed by atoms with Crippen molar-refractivity contribution in [3.05, 3.63) is 11.1 Å². The minimum absolute atomic E-state index is 0.137. The first kappa shape index (κ1) is 11.8. The van der Waals surface area contributed by atoms with Crippen LogP contribution in [0.25, 0.3) is 0 Å². The van der Waals surface area contributed by atoms with Crippen molar-refractivity contribution >= 4 is 58.0 Å². The lowest BCUT2D eigenvalue weighted by Crippen LogP contribution is -2.46. The van der Waals surface area contributed by atoms with Crippen LogP contribution in [-0.2, 0) is 4.74 Å². The van der Waals surface area contributed by atoms with Gasteiger partial charge in [0.15, 0.2) is 4.33 Å². The Kier molecular flexibility index (Phi) is 1.87. The topological polar surface area (TPSA) is 12.5 Å². The molecule has 0 amide bonds.